The number of ether oxygens (including phenoxy) is 4. The number of hydrogen-bond donors (Lipinski definition) is 3. The maximum absolute atomic E-state index is 10.9. The van der Waals surface area contributed by atoms with Crippen molar-refractivity contribution in [3.8, 4) is 23.0 Å². The van der Waals surface area contributed by atoms with Gasteiger partial charge in [0.25, 0.3) is 0 Å². The van der Waals surface area contributed by atoms with Crippen LogP contribution in [0.15, 0.2) is 53.3 Å². The fourth-order valence-corrected chi connectivity index (χ4v) is 4.45. The molecule has 0 aromatic heterocycles. The van der Waals surface area contributed by atoms with Crippen LogP contribution in [0, 0.1) is 0 Å². The molecule has 0 spiro atoms. The van der Waals surface area contributed by atoms with E-state index in [1.807, 2.05) is 23.9 Å². The average Bonchev–Trinajstić information content (AvgIpc) is 2.82. The molecule has 2 aliphatic heterocycles. The Hall–Kier alpha value is -2.88. The minimum atomic E-state index is -1.20. The van der Waals surface area contributed by atoms with Gasteiger partial charge in [0.15, 0.2) is 11.5 Å². The second kappa shape index (κ2) is 10.6. The van der Waals surface area contributed by atoms with E-state index in [9.17, 15) is 9.90 Å². The largest absolute Gasteiger partial charge is 0.492 e. The number of hydrogen-bond acceptors (Lipinski definition) is 8. The van der Waals surface area contributed by atoms with Gasteiger partial charge in [-0.1, -0.05) is 12.1 Å². The maximum atomic E-state index is 10.9. The van der Waals surface area contributed by atoms with Crippen molar-refractivity contribution in [1.29, 1.82) is 0 Å². The summed E-state index contributed by atoms with van der Waals surface area (Å²) < 4.78 is 22.0. The van der Waals surface area contributed by atoms with Crippen LogP contribution in [0.25, 0.3) is 0 Å². The average molecular weight is 460 g/mol. The van der Waals surface area contributed by atoms with Crippen molar-refractivity contribution in [2.45, 2.75) is 23.8 Å². The highest BCUT2D eigenvalue weighted by atomic mass is 32.2. The van der Waals surface area contributed by atoms with Gasteiger partial charge in [-0.25, -0.2) is 4.79 Å². The molecule has 0 saturated heterocycles. The number of carboxylic acids is 1. The van der Waals surface area contributed by atoms with Gasteiger partial charge >= 0.3 is 5.97 Å². The summed E-state index contributed by atoms with van der Waals surface area (Å²) in [5.74, 6) is 1.74. The van der Waals surface area contributed by atoms with E-state index in [1.54, 1.807) is 18.2 Å². The molecule has 9 heteroatoms. The number of fused-ring (bicyclic) bond motifs is 2. The lowest BCUT2D eigenvalue weighted by atomic mass is 10.1. The molecule has 2 aliphatic rings. The van der Waals surface area contributed by atoms with Crippen molar-refractivity contribution >= 4 is 17.7 Å². The van der Waals surface area contributed by atoms with Gasteiger partial charge in [0.2, 0.25) is 5.76 Å². The summed E-state index contributed by atoms with van der Waals surface area (Å²) in [6.07, 6.45) is 2.67. The number of aliphatic hydroxyl groups is 1. The lowest BCUT2D eigenvalue weighted by molar-refractivity contribution is -0.135. The fourth-order valence-electron chi connectivity index (χ4n) is 3.34. The minimum Gasteiger partial charge on any atom is -0.492 e. The van der Waals surface area contributed by atoms with Crippen LogP contribution in [0.5, 0.6) is 23.0 Å². The molecule has 0 bridgehead atoms. The summed E-state index contributed by atoms with van der Waals surface area (Å²) in [5, 5.41) is 22.3. The van der Waals surface area contributed by atoms with Crippen molar-refractivity contribution in [2.75, 3.05) is 32.1 Å². The van der Waals surface area contributed by atoms with Crippen LogP contribution < -0.4 is 24.3 Å². The number of nitrogens with one attached hydrogen (secondary N) is 1. The van der Waals surface area contributed by atoms with E-state index in [1.165, 1.54) is 16.9 Å². The Balaban J connectivity index is 1.15. The predicted molar refractivity (Wildman–Crippen MR) is 119 cm³/mol. The lowest BCUT2D eigenvalue weighted by Gasteiger charge is -2.20. The third-order valence-corrected chi connectivity index (χ3v) is 6.14. The molecule has 0 saturated carbocycles. The molecule has 0 amide bonds. The number of aliphatic hydroxyl groups excluding tert-OH is 1. The monoisotopic (exact) mass is 459 g/mol. The molecular formula is C23H25NO7S. The highest BCUT2D eigenvalue weighted by Crippen LogP contribution is 2.37. The van der Waals surface area contributed by atoms with Gasteiger partial charge in [0.1, 0.15) is 37.1 Å². The normalized spacial score (nSPS) is 15.3. The third kappa shape index (κ3) is 5.67. The van der Waals surface area contributed by atoms with Crippen LogP contribution in [0.1, 0.15) is 12.0 Å². The Labute approximate surface area is 190 Å². The molecule has 0 radical (unpaired) electrons. The van der Waals surface area contributed by atoms with E-state index >= 15 is 0 Å². The van der Waals surface area contributed by atoms with E-state index in [0.717, 1.165) is 24.2 Å². The van der Waals surface area contributed by atoms with E-state index < -0.39 is 12.1 Å². The van der Waals surface area contributed by atoms with Crippen molar-refractivity contribution < 1.29 is 34.0 Å². The molecule has 8 nitrogen and oxygen atoms in total. The Morgan fingerprint density at radius 2 is 2.12 bits per heavy atom. The van der Waals surface area contributed by atoms with Crippen molar-refractivity contribution in [2.24, 2.45) is 0 Å². The number of benzene rings is 2. The van der Waals surface area contributed by atoms with Crippen LogP contribution in [0.3, 0.4) is 0 Å². The van der Waals surface area contributed by atoms with Gasteiger partial charge in [0, 0.05) is 19.2 Å². The van der Waals surface area contributed by atoms with E-state index in [2.05, 4.69) is 11.4 Å². The highest BCUT2D eigenvalue weighted by Gasteiger charge is 2.20. The van der Waals surface area contributed by atoms with Gasteiger partial charge in [-0.3, -0.25) is 0 Å². The van der Waals surface area contributed by atoms with Crippen LogP contribution in [0.4, 0.5) is 0 Å². The Morgan fingerprint density at radius 1 is 1.22 bits per heavy atom. The SMILES string of the molecule is O=C(O)C1=COc2cc(OCCNCC(O)COc3cccc4c3SCCC4)ccc2O1. The van der Waals surface area contributed by atoms with Crippen LogP contribution >= 0.6 is 11.8 Å². The summed E-state index contributed by atoms with van der Waals surface area (Å²) in [5.41, 5.74) is 1.32. The fraction of sp³-hybridized carbons (Fsp3) is 0.348. The molecular weight excluding hydrogens is 434 g/mol. The van der Waals surface area contributed by atoms with E-state index in [0.29, 0.717) is 36.9 Å². The topological polar surface area (TPSA) is 106 Å². The summed E-state index contributed by atoms with van der Waals surface area (Å²) in [7, 11) is 0. The first-order chi connectivity index (χ1) is 15.6. The lowest BCUT2D eigenvalue weighted by Crippen LogP contribution is -2.33. The molecule has 0 fully saturated rings. The quantitative estimate of drug-likeness (QED) is 0.463. The number of carbonyl (C=O) groups is 1. The first-order valence-electron chi connectivity index (χ1n) is 10.4. The molecule has 2 aromatic carbocycles. The molecule has 2 aromatic rings. The number of aliphatic carboxylic acids is 1. The second-order valence-electron chi connectivity index (χ2n) is 7.33. The molecule has 3 N–H and O–H groups in total. The second-order valence-corrected chi connectivity index (χ2v) is 8.43. The molecule has 1 atom stereocenters. The Bertz CT molecular complexity index is 994. The van der Waals surface area contributed by atoms with Gasteiger partial charge in [-0.15, -0.1) is 11.8 Å². The van der Waals surface area contributed by atoms with E-state index in [-0.39, 0.29) is 12.4 Å². The first kappa shape index (κ1) is 22.3. The maximum Gasteiger partial charge on any atom is 0.375 e. The number of aryl methyl sites for hydroxylation is 1. The molecule has 0 aliphatic carbocycles. The number of carboxylic acid groups (broad SMARTS) is 1. The minimum absolute atomic E-state index is 0.221. The van der Waals surface area contributed by atoms with E-state index in [4.69, 9.17) is 24.1 Å². The van der Waals surface area contributed by atoms with Crippen molar-refractivity contribution in [3.05, 3.63) is 54.0 Å². The third-order valence-electron chi connectivity index (χ3n) is 4.89. The predicted octanol–water partition coefficient (Wildman–Crippen LogP) is 2.83. The first-order valence-corrected chi connectivity index (χ1v) is 11.4. The molecule has 2 heterocycles. The zero-order valence-electron chi connectivity index (χ0n) is 17.4. The molecule has 32 heavy (non-hydrogen) atoms. The van der Waals surface area contributed by atoms with Crippen molar-refractivity contribution in [3.63, 3.8) is 0 Å². The van der Waals surface area contributed by atoms with Gasteiger partial charge < -0.3 is 34.5 Å². The summed E-state index contributed by atoms with van der Waals surface area (Å²) in [4.78, 5) is 12.1. The zero-order chi connectivity index (χ0) is 22.3. The van der Waals surface area contributed by atoms with Crippen molar-refractivity contribution in [1.82, 2.24) is 5.32 Å². The Morgan fingerprint density at radius 3 is 3.00 bits per heavy atom. The van der Waals surface area contributed by atoms with Gasteiger partial charge in [-0.05, 0) is 42.4 Å². The summed E-state index contributed by atoms with van der Waals surface area (Å²) in [6, 6.07) is 11.0. The number of rotatable bonds is 10. The molecule has 170 valence electrons. The van der Waals surface area contributed by atoms with Crippen LogP contribution in [0.2, 0.25) is 0 Å². The van der Waals surface area contributed by atoms with Crippen LogP contribution in [-0.4, -0.2) is 54.3 Å². The van der Waals surface area contributed by atoms with Crippen LogP contribution in [-0.2, 0) is 11.2 Å². The van der Waals surface area contributed by atoms with Gasteiger partial charge in [-0.2, -0.15) is 0 Å². The Kier molecular flexibility index (Phi) is 7.41. The summed E-state index contributed by atoms with van der Waals surface area (Å²) in [6.45, 7) is 1.52. The highest BCUT2D eigenvalue weighted by molar-refractivity contribution is 7.99. The number of thioether (sulfide) groups is 1. The molecule has 1 unspecified atom stereocenters. The standard InChI is InChI=1S/C23H25NO7S/c25-16(13-29-19-5-1-3-15-4-2-10-32-22(15)19)12-24-8-9-28-17-6-7-18-20(11-17)30-14-21(31-18)23(26)27/h1,3,5-7,11,14,16,24-25H,2,4,8-10,12-13H2,(H,26,27). The summed E-state index contributed by atoms with van der Waals surface area (Å²) >= 11 is 1.81. The smallest absolute Gasteiger partial charge is 0.375 e. The molecule has 4 rings (SSSR count). The zero-order valence-corrected chi connectivity index (χ0v) is 18.2. The van der Waals surface area contributed by atoms with Gasteiger partial charge in [0.05, 0.1) is 4.90 Å².